The number of aromatic hydroxyl groups is 1. The molecule has 2 rings (SSSR count). The number of carboxylic acids is 1. The molecule has 110 valence electrons. The van der Waals surface area contributed by atoms with Crippen molar-refractivity contribution in [1.82, 2.24) is 4.98 Å². The summed E-state index contributed by atoms with van der Waals surface area (Å²) in [7, 11) is 0. The monoisotopic (exact) mass is 286 g/mol. The number of carbonyl (C=O) groups is 1. The summed E-state index contributed by atoms with van der Waals surface area (Å²) in [4.78, 5) is 15.1. The van der Waals surface area contributed by atoms with E-state index in [1.54, 1.807) is 31.5 Å². The topological polar surface area (TPSA) is 82.5 Å². The molecule has 1 aromatic carbocycles. The van der Waals surface area contributed by atoms with Crippen molar-refractivity contribution < 1.29 is 15.0 Å². The van der Waals surface area contributed by atoms with Crippen LogP contribution in [0, 0.1) is 0 Å². The lowest BCUT2D eigenvalue weighted by Gasteiger charge is -2.16. The molecule has 0 fully saturated rings. The Morgan fingerprint density at radius 3 is 2.76 bits per heavy atom. The van der Waals surface area contributed by atoms with E-state index < -0.39 is 12.0 Å². The van der Waals surface area contributed by atoms with Gasteiger partial charge in [0.1, 0.15) is 11.8 Å². The van der Waals surface area contributed by atoms with Crippen LogP contribution in [0.25, 0.3) is 11.1 Å². The predicted molar refractivity (Wildman–Crippen MR) is 81.4 cm³/mol. The number of aliphatic carboxylic acids is 1. The van der Waals surface area contributed by atoms with Crippen molar-refractivity contribution in [3.63, 3.8) is 0 Å². The Morgan fingerprint density at radius 1 is 1.33 bits per heavy atom. The molecule has 0 saturated heterocycles. The fraction of sp³-hybridized carbons (Fsp3) is 0.250. The Labute approximate surface area is 123 Å². The van der Waals surface area contributed by atoms with Gasteiger partial charge in [0.2, 0.25) is 0 Å². The molecular weight excluding hydrogens is 268 g/mol. The number of anilines is 1. The third kappa shape index (κ3) is 3.31. The molecule has 1 heterocycles. The molecule has 1 aromatic heterocycles. The average molecular weight is 286 g/mol. The van der Waals surface area contributed by atoms with Gasteiger partial charge in [-0.2, -0.15) is 0 Å². The molecule has 2 aromatic rings. The first-order chi connectivity index (χ1) is 10.0. The molecule has 0 aliphatic carbocycles. The van der Waals surface area contributed by atoms with Crippen LogP contribution in [0.3, 0.4) is 0 Å². The Bertz CT molecular complexity index is 656. The summed E-state index contributed by atoms with van der Waals surface area (Å²) in [6.07, 6.45) is 4.04. The van der Waals surface area contributed by atoms with Crippen LogP contribution >= 0.6 is 0 Å². The third-order valence-corrected chi connectivity index (χ3v) is 3.32. The van der Waals surface area contributed by atoms with Crippen LogP contribution in [-0.4, -0.2) is 27.2 Å². The molecular formula is C16H18N2O3. The zero-order valence-corrected chi connectivity index (χ0v) is 12.0. The van der Waals surface area contributed by atoms with E-state index in [2.05, 4.69) is 10.3 Å². The minimum absolute atomic E-state index is 0.220. The molecule has 0 aliphatic heterocycles. The maximum Gasteiger partial charge on any atom is 0.325 e. The number of aromatic nitrogens is 1. The molecule has 21 heavy (non-hydrogen) atoms. The van der Waals surface area contributed by atoms with Gasteiger partial charge in [-0.15, -0.1) is 0 Å². The Morgan fingerprint density at radius 2 is 2.10 bits per heavy atom. The number of hydrogen-bond donors (Lipinski definition) is 3. The van der Waals surface area contributed by atoms with E-state index in [9.17, 15) is 9.90 Å². The van der Waals surface area contributed by atoms with Gasteiger partial charge in [-0.1, -0.05) is 13.0 Å². The lowest BCUT2D eigenvalue weighted by Crippen LogP contribution is -2.25. The normalized spacial score (nSPS) is 11.9. The highest BCUT2D eigenvalue weighted by atomic mass is 16.4. The van der Waals surface area contributed by atoms with Gasteiger partial charge in [0.05, 0.1) is 11.9 Å². The highest BCUT2D eigenvalue weighted by molar-refractivity contribution is 5.83. The van der Waals surface area contributed by atoms with E-state index in [4.69, 9.17) is 5.11 Å². The molecule has 0 aliphatic rings. The number of hydrogen-bond acceptors (Lipinski definition) is 4. The van der Waals surface area contributed by atoms with E-state index >= 15 is 0 Å². The van der Waals surface area contributed by atoms with E-state index in [0.29, 0.717) is 5.69 Å². The standard InChI is InChI=1S/C16H18N2O3/c1-3-11-8-12(19)4-5-13(11)14-6-7-17-9-15(14)18-10(2)16(20)21/h4-10,18-19H,3H2,1-2H3,(H,20,21)/t10-/m0/s1. The first-order valence-electron chi connectivity index (χ1n) is 6.78. The van der Waals surface area contributed by atoms with Crippen LogP contribution in [0.2, 0.25) is 0 Å². The van der Waals surface area contributed by atoms with Gasteiger partial charge in [-0.25, -0.2) is 0 Å². The highest BCUT2D eigenvalue weighted by Gasteiger charge is 2.15. The molecule has 0 bridgehead atoms. The number of carboxylic acid groups (broad SMARTS) is 1. The van der Waals surface area contributed by atoms with Crippen LogP contribution in [0.4, 0.5) is 5.69 Å². The number of phenols is 1. The smallest absolute Gasteiger partial charge is 0.325 e. The summed E-state index contributed by atoms with van der Waals surface area (Å²) in [5.41, 5.74) is 3.48. The van der Waals surface area contributed by atoms with Crippen molar-refractivity contribution in [2.45, 2.75) is 26.3 Å². The van der Waals surface area contributed by atoms with Crippen molar-refractivity contribution in [3.8, 4) is 16.9 Å². The molecule has 1 atom stereocenters. The van der Waals surface area contributed by atoms with Crippen molar-refractivity contribution in [2.75, 3.05) is 5.32 Å². The van der Waals surface area contributed by atoms with Gasteiger partial charge in [-0.05, 0) is 42.7 Å². The van der Waals surface area contributed by atoms with Crippen molar-refractivity contribution in [2.24, 2.45) is 0 Å². The van der Waals surface area contributed by atoms with Gasteiger partial charge in [-0.3, -0.25) is 9.78 Å². The second-order valence-electron chi connectivity index (χ2n) is 4.82. The SMILES string of the molecule is CCc1cc(O)ccc1-c1ccncc1N[C@@H](C)C(=O)O. The molecule has 0 spiro atoms. The number of phenolic OH excluding ortho intramolecular Hbond substituents is 1. The molecule has 0 saturated carbocycles. The highest BCUT2D eigenvalue weighted by Crippen LogP contribution is 2.32. The van der Waals surface area contributed by atoms with E-state index in [-0.39, 0.29) is 5.75 Å². The predicted octanol–water partition coefficient (Wildman–Crippen LogP) is 2.90. The van der Waals surface area contributed by atoms with Crippen LogP contribution in [0.5, 0.6) is 5.75 Å². The molecule has 5 heteroatoms. The van der Waals surface area contributed by atoms with Crippen molar-refractivity contribution >= 4 is 11.7 Å². The van der Waals surface area contributed by atoms with Crippen LogP contribution in [-0.2, 0) is 11.2 Å². The van der Waals surface area contributed by atoms with Crippen molar-refractivity contribution in [1.29, 1.82) is 0 Å². The lowest BCUT2D eigenvalue weighted by molar-refractivity contribution is -0.137. The maximum atomic E-state index is 11.0. The zero-order valence-electron chi connectivity index (χ0n) is 12.0. The summed E-state index contributed by atoms with van der Waals surface area (Å²) >= 11 is 0. The van der Waals surface area contributed by atoms with Gasteiger partial charge < -0.3 is 15.5 Å². The summed E-state index contributed by atoms with van der Waals surface area (Å²) in [6, 6.07) is 6.30. The van der Waals surface area contributed by atoms with E-state index in [1.165, 1.54) is 0 Å². The van der Waals surface area contributed by atoms with E-state index in [0.717, 1.165) is 23.1 Å². The van der Waals surface area contributed by atoms with Crippen LogP contribution in [0.1, 0.15) is 19.4 Å². The van der Waals surface area contributed by atoms with E-state index in [1.807, 2.05) is 19.1 Å². The Hall–Kier alpha value is -2.56. The van der Waals surface area contributed by atoms with Gasteiger partial charge in [0.15, 0.2) is 0 Å². The lowest BCUT2D eigenvalue weighted by atomic mass is 9.97. The molecule has 3 N–H and O–H groups in total. The van der Waals surface area contributed by atoms with Crippen LogP contribution in [0.15, 0.2) is 36.7 Å². The number of nitrogens with zero attached hydrogens (tertiary/aromatic N) is 1. The Balaban J connectivity index is 2.47. The van der Waals surface area contributed by atoms with Gasteiger partial charge >= 0.3 is 5.97 Å². The summed E-state index contributed by atoms with van der Waals surface area (Å²) in [5, 5.41) is 21.6. The maximum absolute atomic E-state index is 11.0. The minimum atomic E-state index is -0.925. The summed E-state index contributed by atoms with van der Waals surface area (Å²) in [5.74, 6) is -0.704. The molecule has 0 radical (unpaired) electrons. The molecule has 0 unspecified atom stereocenters. The summed E-state index contributed by atoms with van der Waals surface area (Å²) < 4.78 is 0. The second kappa shape index (κ2) is 6.26. The fourth-order valence-corrected chi connectivity index (χ4v) is 2.17. The first-order valence-corrected chi connectivity index (χ1v) is 6.78. The number of benzene rings is 1. The Kier molecular flexibility index (Phi) is 4.42. The number of rotatable bonds is 5. The second-order valence-corrected chi connectivity index (χ2v) is 4.82. The molecule has 5 nitrogen and oxygen atoms in total. The van der Waals surface area contributed by atoms with Gasteiger partial charge in [0.25, 0.3) is 0 Å². The molecule has 0 amide bonds. The minimum Gasteiger partial charge on any atom is -0.508 e. The third-order valence-electron chi connectivity index (χ3n) is 3.32. The van der Waals surface area contributed by atoms with Gasteiger partial charge in [0, 0.05) is 11.8 Å². The average Bonchev–Trinajstić information content (AvgIpc) is 2.47. The van der Waals surface area contributed by atoms with Crippen molar-refractivity contribution in [3.05, 3.63) is 42.2 Å². The summed E-state index contributed by atoms with van der Waals surface area (Å²) in [6.45, 7) is 3.59. The fourth-order valence-electron chi connectivity index (χ4n) is 2.17. The quantitative estimate of drug-likeness (QED) is 0.787. The van der Waals surface area contributed by atoms with Crippen LogP contribution < -0.4 is 5.32 Å². The first kappa shape index (κ1) is 14.8. The number of nitrogens with one attached hydrogen (secondary N) is 1. The number of pyridine rings is 1. The zero-order chi connectivity index (χ0) is 15.4. The largest absolute Gasteiger partial charge is 0.508 e. The number of aryl methyl sites for hydroxylation is 1.